The van der Waals surface area contributed by atoms with Crippen LogP contribution in [-0.4, -0.2) is 17.7 Å². The van der Waals surface area contributed by atoms with Crippen LogP contribution in [0.1, 0.15) is 26.7 Å². The molecule has 0 radical (unpaired) electrons. The molecule has 54 valence electrons. The second-order valence-corrected chi connectivity index (χ2v) is 3.11. The molecule has 0 aliphatic carbocycles. The second kappa shape index (κ2) is 2.65. The van der Waals surface area contributed by atoms with E-state index in [2.05, 4.69) is 6.92 Å². The van der Waals surface area contributed by atoms with Gasteiger partial charge in [0, 0.05) is 12.6 Å². The molecule has 0 amide bonds. The molecular formula is C7H14FN. The normalized spacial score (nSPS) is 39.0. The Morgan fingerprint density at radius 1 is 1.33 bits per heavy atom. The summed E-state index contributed by atoms with van der Waals surface area (Å²) in [7, 11) is 0. The zero-order valence-electron chi connectivity index (χ0n) is 6.10. The van der Waals surface area contributed by atoms with Gasteiger partial charge in [-0.2, -0.15) is 0 Å². The highest BCUT2D eigenvalue weighted by atomic mass is 19.2. The van der Waals surface area contributed by atoms with Crippen molar-refractivity contribution in [3.05, 3.63) is 0 Å². The maximum absolute atomic E-state index is 12.7. The molecule has 2 unspecified atom stereocenters. The smallest absolute Gasteiger partial charge is 0.0374 e. The Kier molecular flexibility index (Phi) is 2.06. The Morgan fingerprint density at radius 3 is 2.44 bits per heavy atom. The van der Waals surface area contributed by atoms with E-state index < -0.39 is 0 Å². The van der Waals surface area contributed by atoms with Gasteiger partial charge in [-0.15, -0.1) is 9.60 Å². The molecule has 1 fully saturated rings. The summed E-state index contributed by atoms with van der Waals surface area (Å²) in [5.41, 5.74) is 0. The highest BCUT2D eigenvalue weighted by molar-refractivity contribution is 4.70. The lowest BCUT2D eigenvalue weighted by molar-refractivity contribution is -0.0536. The SMILES string of the molecule is CC1CCC(C)N(F)C1. The van der Waals surface area contributed by atoms with E-state index in [1.807, 2.05) is 6.92 Å². The average Bonchev–Trinajstić information content (AvgIpc) is 1.80. The lowest BCUT2D eigenvalue weighted by Gasteiger charge is -2.29. The zero-order valence-corrected chi connectivity index (χ0v) is 6.10. The number of halogens is 1. The molecule has 1 saturated heterocycles. The van der Waals surface area contributed by atoms with E-state index >= 15 is 0 Å². The first-order chi connectivity index (χ1) is 4.20. The van der Waals surface area contributed by atoms with Crippen molar-refractivity contribution in [1.82, 2.24) is 5.12 Å². The fourth-order valence-corrected chi connectivity index (χ4v) is 1.23. The van der Waals surface area contributed by atoms with Crippen molar-refractivity contribution in [2.45, 2.75) is 32.7 Å². The van der Waals surface area contributed by atoms with Gasteiger partial charge < -0.3 is 0 Å². The van der Waals surface area contributed by atoms with Crippen LogP contribution in [0, 0.1) is 5.92 Å². The predicted octanol–water partition coefficient (Wildman–Crippen LogP) is 1.99. The van der Waals surface area contributed by atoms with Gasteiger partial charge >= 0.3 is 0 Å². The minimum atomic E-state index is 0.154. The summed E-state index contributed by atoms with van der Waals surface area (Å²) in [6.45, 7) is 4.66. The molecule has 1 aliphatic heterocycles. The first-order valence-electron chi connectivity index (χ1n) is 3.62. The number of hydrogen-bond donors (Lipinski definition) is 0. The van der Waals surface area contributed by atoms with Gasteiger partial charge in [0.15, 0.2) is 0 Å². The van der Waals surface area contributed by atoms with Gasteiger partial charge in [0.1, 0.15) is 0 Å². The van der Waals surface area contributed by atoms with Crippen LogP contribution in [0.3, 0.4) is 0 Å². The summed E-state index contributed by atoms with van der Waals surface area (Å²) < 4.78 is 12.7. The van der Waals surface area contributed by atoms with Crippen molar-refractivity contribution < 1.29 is 4.48 Å². The van der Waals surface area contributed by atoms with E-state index in [0.29, 0.717) is 12.5 Å². The number of hydrogen-bond acceptors (Lipinski definition) is 1. The van der Waals surface area contributed by atoms with Gasteiger partial charge in [-0.3, -0.25) is 0 Å². The Balaban J connectivity index is 2.35. The predicted molar refractivity (Wildman–Crippen MR) is 35.7 cm³/mol. The summed E-state index contributed by atoms with van der Waals surface area (Å²) in [5.74, 6) is 0.547. The van der Waals surface area contributed by atoms with Crippen molar-refractivity contribution >= 4 is 0 Å². The summed E-state index contributed by atoms with van der Waals surface area (Å²) in [6, 6.07) is 0.154. The monoisotopic (exact) mass is 131 g/mol. The maximum atomic E-state index is 12.7. The third kappa shape index (κ3) is 1.65. The zero-order chi connectivity index (χ0) is 6.85. The molecule has 0 bridgehead atoms. The molecule has 0 aromatic rings. The van der Waals surface area contributed by atoms with Gasteiger partial charge in [0.25, 0.3) is 0 Å². The number of piperidine rings is 1. The Bertz CT molecular complexity index is 94.9. The highest BCUT2D eigenvalue weighted by Crippen LogP contribution is 2.20. The summed E-state index contributed by atoms with van der Waals surface area (Å²) >= 11 is 0. The van der Waals surface area contributed by atoms with Crippen molar-refractivity contribution in [3.63, 3.8) is 0 Å². The third-order valence-corrected chi connectivity index (χ3v) is 2.04. The lowest BCUT2D eigenvalue weighted by atomic mass is 9.97. The minimum Gasteiger partial charge on any atom is -0.143 e. The summed E-state index contributed by atoms with van der Waals surface area (Å²) in [4.78, 5) is 0. The number of nitrogens with zero attached hydrogens (tertiary/aromatic N) is 1. The van der Waals surface area contributed by atoms with Gasteiger partial charge in [-0.1, -0.05) is 6.92 Å². The molecule has 0 spiro atoms. The van der Waals surface area contributed by atoms with Gasteiger partial charge in [0.2, 0.25) is 0 Å². The Labute approximate surface area is 55.8 Å². The fourth-order valence-electron chi connectivity index (χ4n) is 1.23. The molecule has 0 saturated carbocycles. The summed E-state index contributed by atoms with van der Waals surface area (Å²) in [5, 5.41) is 0.953. The van der Waals surface area contributed by atoms with Crippen molar-refractivity contribution in [1.29, 1.82) is 0 Å². The first-order valence-corrected chi connectivity index (χ1v) is 3.62. The molecular weight excluding hydrogens is 117 g/mol. The topological polar surface area (TPSA) is 3.24 Å². The molecule has 1 nitrogen and oxygen atoms in total. The fraction of sp³-hybridized carbons (Fsp3) is 1.00. The molecule has 1 heterocycles. The third-order valence-electron chi connectivity index (χ3n) is 2.04. The Morgan fingerprint density at radius 2 is 2.00 bits per heavy atom. The number of rotatable bonds is 0. The molecule has 1 aliphatic rings. The van der Waals surface area contributed by atoms with Gasteiger partial charge in [-0.05, 0) is 25.7 Å². The van der Waals surface area contributed by atoms with Crippen LogP contribution in [0.15, 0.2) is 0 Å². The second-order valence-electron chi connectivity index (χ2n) is 3.11. The average molecular weight is 131 g/mol. The van der Waals surface area contributed by atoms with Crippen molar-refractivity contribution in [2.75, 3.05) is 6.54 Å². The summed E-state index contributed by atoms with van der Waals surface area (Å²) in [6.07, 6.45) is 2.19. The molecule has 2 atom stereocenters. The van der Waals surface area contributed by atoms with Crippen LogP contribution in [0.2, 0.25) is 0 Å². The molecule has 0 aromatic carbocycles. The van der Waals surface area contributed by atoms with Crippen LogP contribution in [-0.2, 0) is 0 Å². The first kappa shape index (κ1) is 7.00. The van der Waals surface area contributed by atoms with Crippen molar-refractivity contribution in [3.8, 4) is 0 Å². The molecule has 0 aromatic heterocycles. The van der Waals surface area contributed by atoms with E-state index in [1.165, 1.54) is 6.42 Å². The molecule has 9 heavy (non-hydrogen) atoms. The minimum absolute atomic E-state index is 0.154. The molecule has 1 rings (SSSR count). The van der Waals surface area contributed by atoms with E-state index in [9.17, 15) is 4.48 Å². The van der Waals surface area contributed by atoms with Crippen LogP contribution in [0.25, 0.3) is 0 Å². The van der Waals surface area contributed by atoms with E-state index in [4.69, 9.17) is 0 Å². The van der Waals surface area contributed by atoms with Crippen LogP contribution >= 0.6 is 0 Å². The van der Waals surface area contributed by atoms with E-state index in [-0.39, 0.29) is 6.04 Å². The van der Waals surface area contributed by atoms with Crippen LogP contribution < -0.4 is 0 Å². The maximum Gasteiger partial charge on any atom is 0.0374 e. The van der Waals surface area contributed by atoms with Crippen molar-refractivity contribution in [2.24, 2.45) is 5.92 Å². The highest BCUT2D eigenvalue weighted by Gasteiger charge is 2.21. The Hall–Kier alpha value is -0.110. The van der Waals surface area contributed by atoms with Gasteiger partial charge in [-0.25, -0.2) is 0 Å². The van der Waals surface area contributed by atoms with E-state index in [0.717, 1.165) is 11.5 Å². The largest absolute Gasteiger partial charge is 0.143 e. The van der Waals surface area contributed by atoms with Gasteiger partial charge in [0.05, 0.1) is 0 Å². The molecule has 0 N–H and O–H groups in total. The standard InChI is InChI=1S/C7H14FN/c1-6-3-4-7(2)9(8)5-6/h6-7H,3-5H2,1-2H3. The van der Waals surface area contributed by atoms with E-state index in [1.54, 1.807) is 0 Å². The van der Waals surface area contributed by atoms with Crippen LogP contribution in [0.4, 0.5) is 4.48 Å². The lowest BCUT2D eigenvalue weighted by Crippen LogP contribution is -2.34. The quantitative estimate of drug-likeness (QED) is 0.454. The van der Waals surface area contributed by atoms with Crippen LogP contribution in [0.5, 0.6) is 0 Å². The molecule has 2 heteroatoms.